The van der Waals surface area contributed by atoms with E-state index in [0.717, 1.165) is 7.11 Å². The summed E-state index contributed by atoms with van der Waals surface area (Å²) in [5.41, 5.74) is -2.28. The van der Waals surface area contributed by atoms with Crippen LogP contribution in [-0.4, -0.2) is 39.7 Å². The molecule has 1 heterocycles. The molecule has 3 aromatic rings. The average molecular weight is 467 g/mol. The fraction of sp³-hybridized carbons (Fsp3) is 0.238. The van der Waals surface area contributed by atoms with Crippen LogP contribution in [0, 0.1) is 0 Å². The Bertz CT molecular complexity index is 1180. The summed E-state index contributed by atoms with van der Waals surface area (Å²) in [5.74, 6) is -1.04. The number of rotatable bonds is 6. The van der Waals surface area contributed by atoms with Crippen molar-refractivity contribution in [1.82, 2.24) is 20.3 Å². The zero-order chi connectivity index (χ0) is 23.5. The number of H-pyrrole nitrogens is 1. The van der Waals surface area contributed by atoms with Crippen molar-refractivity contribution in [3.63, 3.8) is 0 Å². The number of alkyl halides is 3. The van der Waals surface area contributed by atoms with Gasteiger partial charge in [0.2, 0.25) is 5.60 Å². The number of halogens is 4. The third-order valence-corrected chi connectivity index (χ3v) is 5.13. The number of methoxy groups -OCH3 is 1. The number of hydrogen-bond donors (Lipinski definition) is 2. The fourth-order valence-electron chi connectivity index (χ4n) is 2.78. The summed E-state index contributed by atoms with van der Waals surface area (Å²) < 4.78 is 44.0. The Morgan fingerprint density at radius 3 is 2.47 bits per heavy atom. The number of nitrogens with one attached hydrogen (secondary N) is 2. The van der Waals surface area contributed by atoms with E-state index in [1.54, 1.807) is 30.3 Å². The molecule has 1 aromatic heterocycles. The van der Waals surface area contributed by atoms with Crippen LogP contribution in [0.5, 0.6) is 0 Å². The van der Waals surface area contributed by atoms with Gasteiger partial charge in [0, 0.05) is 24.8 Å². The van der Waals surface area contributed by atoms with Crippen LogP contribution in [0.2, 0.25) is 5.02 Å². The quantitative estimate of drug-likeness (QED) is 0.577. The first kappa shape index (κ1) is 23.4. The van der Waals surface area contributed by atoms with E-state index in [2.05, 4.69) is 25.0 Å². The molecular formula is C21H18ClF3N4O3. The van der Waals surface area contributed by atoms with Gasteiger partial charge in [-0.15, -0.1) is 0 Å². The zero-order valence-corrected chi connectivity index (χ0v) is 17.7. The molecule has 32 heavy (non-hydrogen) atoms. The highest BCUT2D eigenvalue weighted by Gasteiger charge is 2.57. The molecular weight excluding hydrogens is 449 g/mol. The summed E-state index contributed by atoms with van der Waals surface area (Å²) in [7, 11) is 0.809. The minimum atomic E-state index is -4.90. The molecule has 7 nitrogen and oxygen atoms in total. The molecule has 1 atom stereocenters. The van der Waals surface area contributed by atoms with Crippen molar-refractivity contribution in [2.45, 2.75) is 25.2 Å². The summed E-state index contributed by atoms with van der Waals surface area (Å²) in [6.07, 6.45) is -4.90. The number of ether oxygens (including phenoxy) is 1. The molecule has 0 spiro atoms. The summed E-state index contributed by atoms with van der Waals surface area (Å²) >= 11 is 6.26. The molecule has 0 aliphatic heterocycles. The zero-order valence-electron chi connectivity index (χ0n) is 17.0. The number of aromatic nitrogens is 3. The lowest BCUT2D eigenvalue weighted by Gasteiger charge is -2.29. The fourth-order valence-corrected chi connectivity index (χ4v) is 2.99. The van der Waals surface area contributed by atoms with E-state index in [-0.39, 0.29) is 23.2 Å². The molecule has 0 fully saturated rings. The molecule has 0 aliphatic carbocycles. The van der Waals surface area contributed by atoms with E-state index in [4.69, 9.17) is 11.6 Å². The first-order valence-corrected chi connectivity index (χ1v) is 9.65. The third-order valence-electron chi connectivity index (χ3n) is 4.80. The molecule has 2 aromatic carbocycles. The van der Waals surface area contributed by atoms with Gasteiger partial charge >= 0.3 is 11.9 Å². The van der Waals surface area contributed by atoms with Gasteiger partial charge in [-0.1, -0.05) is 48.0 Å². The van der Waals surface area contributed by atoms with Crippen LogP contribution in [0.3, 0.4) is 0 Å². The number of hydrogen-bond acceptors (Lipinski definition) is 5. The molecule has 11 heteroatoms. The van der Waals surface area contributed by atoms with Crippen molar-refractivity contribution in [1.29, 1.82) is 0 Å². The van der Waals surface area contributed by atoms with Crippen LogP contribution in [0.4, 0.5) is 13.2 Å². The van der Waals surface area contributed by atoms with Gasteiger partial charge in [0.1, 0.15) is 5.82 Å². The van der Waals surface area contributed by atoms with Gasteiger partial charge in [-0.25, -0.2) is 9.78 Å². The minimum Gasteiger partial charge on any atom is -0.361 e. The second-order valence-electron chi connectivity index (χ2n) is 6.92. The second-order valence-corrected chi connectivity index (χ2v) is 7.33. The van der Waals surface area contributed by atoms with Crippen LogP contribution < -0.4 is 11.0 Å². The predicted octanol–water partition coefficient (Wildman–Crippen LogP) is 3.74. The molecule has 0 aliphatic rings. The molecule has 2 N–H and O–H groups in total. The van der Waals surface area contributed by atoms with E-state index < -0.39 is 23.4 Å². The number of carbonyl (C=O) groups excluding carboxylic acids is 1. The molecule has 0 saturated carbocycles. The number of carbonyl (C=O) groups is 1. The van der Waals surface area contributed by atoms with Gasteiger partial charge in [0.25, 0.3) is 5.91 Å². The molecule has 0 radical (unpaired) electrons. The monoisotopic (exact) mass is 466 g/mol. The van der Waals surface area contributed by atoms with E-state index in [1.807, 2.05) is 0 Å². The first-order valence-electron chi connectivity index (χ1n) is 9.28. The second kappa shape index (κ2) is 9.09. The summed E-state index contributed by atoms with van der Waals surface area (Å²) in [6, 6.07) is 13.3. The maximum absolute atomic E-state index is 13.2. The highest BCUT2D eigenvalue weighted by Crippen LogP contribution is 2.33. The Morgan fingerprint density at radius 2 is 1.84 bits per heavy atom. The Hall–Kier alpha value is -3.24. The van der Waals surface area contributed by atoms with Crippen LogP contribution in [0.25, 0.3) is 22.8 Å². The van der Waals surface area contributed by atoms with Crippen molar-refractivity contribution in [3.8, 4) is 22.8 Å². The van der Waals surface area contributed by atoms with Crippen LogP contribution in [0.1, 0.15) is 12.5 Å². The lowest BCUT2D eigenvalue weighted by Crippen LogP contribution is -2.55. The summed E-state index contributed by atoms with van der Waals surface area (Å²) in [4.78, 5) is 34.9. The molecule has 168 valence electrons. The normalized spacial score (nSPS) is 13.4. The maximum atomic E-state index is 13.2. The van der Waals surface area contributed by atoms with Crippen molar-refractivity contribution < 1.29 is 22.7 Å². The molecule has 1 unspecified atom stereocenters. The largest absolute Gasteiger partial charge is 0.426 e. The van der Waals surface area contributed by atoms with E-state index in [0.29, 0.717) is 23.6 Å². The number of aromatic amines is 1. The molecule has 0 saturated heterocycles. The third kappa shape index (κ3) is 4.81. The SMILES string of the molecule is COC(C)(C(=O)NCc1ccc(Cl)c(-c2nc(-c3ccccc3)nc(=O)[nH]2)c1)C(F)(F)F. The van der Waals surface area contributed by atoms with Crippen molar-refractivity contribution in [2.24, 2.45) is 0 Å². The van der Waals surface area contributed by atoms with Crippen molar-refractivity contribution in [3.05, 3.63) is 69.6 Å². The van der Waals surface area contributed by atoms with Gasteiger partial charge in [0.05, 0.1) is 5.02 Å². The highest BCUT2D eigenvalue weighted by molar-refractivity contribution is 6.33. The average Bonchev–Trinajstić information content (AvgIpc) is 2.77. The van der Waals surface area contributed by atoms with Crippen LogP contribution in [-0.2, 0) is 16.1 Å². The van der Waals surface area contributed by atoms with Crippen LogP contribution in [0.15, 0.2) is 53.3 Å². The lowest BCUT2D eigenvalue weighted by molar-refractivity contribution is -0.253. The van der Waals surface area contributed by atoms with Gasteiger partial charge < -0.3 is 10.1 Å². The standard InChI is InChI=1S/C21H18ClF3N4O3/c1-20(32-2,21(23,24)25)18(30)26-11-12-8-9-15(22)14(10-12)17-27-16(28-19(31)29-17)13-6-4-3-5-7-13/h3-10H,11H2,1-2H3,(H,26,30)(H,27,28,29,31). The molecule has 3 rings (SSSR count). The Balaban J connectivity index is 1.90. The number of benzene rings is 2. The van der Waals surface area contributed by atoms with E-state index in [9.17, 15) is 22.8 Å². The van der Waals surface area contributed by atoms with Crippen molar-refractivity contribution in [2.75, 3.05) is 7.11 Å². The minimum absolute atomic E-state index is 0.124. The van der Waals surface area contributed by atoms with Gasteiger partial charge in [-0.05, 0) is 24.6 Å². The Morgan fingerprint density at radius 1 is 1.16 bits per heavy atom. The Labute approximate surface area is 185 Å². The predicted molar refractivity (Wildman–Crippen MR) is 112 cm³/mol. The van der Waals surface area contributed by atoms with Crippen LogP contribution >= 0.6 is 11.6 Å². The van der Waals surface area contributed by atoms with Gasteiger partial charge in [0.15, 0.2) is 5.82 Å². The summed E-state index contributed by atoms with van der Waals surface area (Å²) in [6.45, 7) is 0.408. The molecule has 1 amide bonds. The molecule has 0 bridgehead atoms. The van der Waals surface area contributed by atoms with Crippen molar-refractivity contribution >= 4 is 17.5 Å². The summed E-state index contributed by atoms with van der Waals surface area (Å²) in [5, 5.41) is 2.45. The smallest absolute Gasteiger partial charge is 0.361 e. The first-order chi connectivity index (χ1) is 15.0. The maximum Gasteiger partial charge on any atom is 0.426 e. The van der Waals surface area contributed by atoms with E-state index >= 15 is 0 Å². The number of nitrogens with zero attached hydrogens (tertiary/aromatic N) is 2. The van der Waals surface area contributed by atoms with Gasteiger partial charge in [-0.3, -0.25) is 9.78 Å². The Kier molecular flexibility index (Phi) is 6.65. The topological polar surface area (TPSA) is 97.0 Å². The number of amides is 1. The van der Waals surface area contributed by atoms with Gasteiger partial charge in [-0.2, -0.15) is 18.2 Å². The lowest BCUT2D eigenvalue weighted by atomic mass is 10.0. The van der Waals surface area contributed by atoms with E-state index in [1.165, 1.54) is 18.2 Å². The highest BCUT2D eigenvalue weighted by atomic mass is 35.5.